The van der Waals surface area contributed by atoms with Crippen molar-refractivity contribution in [2.45, 2.75) is 25.9 Å². The number of benzene rings is 2. The highest BCUT2D eigenvalue weighted by molar-refractivity contribution is 6.35. The molecular formula is C19H16Cl2N2O3. The fourth-order valence-electron chi connectivity index (χ4n) is 2.97. The third kappa shape index (κ3) is 3.08. The van der Waals surface area contributed by atoms with E-state index in [-0.39, 0.29) is 6.54 Å². The van der Waals surface area contributed by atoms with E-state index in [0.717, 1.165) is 4.57 Å². The van der Waals surface area contributed by atoms with Crippen molar-refractivity contribution in [2.24, 2.45) is 0 Å². The number of hydrogen-bond donors (Lipinski definition) is 0. The van der Waals surface area contributed by atoms with Crippen molar-refractivity contribution in [3.63, 3.8) is 0 Å². The summed E-state index contributed by atoms with van der Waals surface area (Å²) in [5, 5.41) is 1.09. The lowest BCUT2D eigenvalue weighted by atomic mass is 10.1. The Labute approximate surface area is 159 Å². The minimum absolute atomic E-state index is 0.0731. The van der Waals surface area contributed by atoms with E-state index in [1.807, 2.05) is 0 Å². The third-order valence-electron chi connectivity index (χ3n) is 4.36. The Kier molecular flexibility index (Phi) is 5.30. The van der Waals surface area contributed by atoms with E-state index in [0.29, 0.717) is 39.2 Å². The quantitative estimate of drug-likeness (QED) is 0.624. The van der Waals surface area contributed by atoms with Gasteiger partial charge in [-0.15, -0.1) is 0 Å². The van der Waals surface area contributed by atoms with Crippen molar-refractivity contribution >= 4 is 40.4 Å². The Bertz CT molecular complexity index is 1080. The predicted octanol–water partition coefficient (Wildman–Crippen LogP) is 3.67. The number of hydrogen-bond acceptors (Lipinski definition) is 3. The first kappa shape index (κ1) is 18.4. The Balaban J connectivity index is 2.35. The molecule has 0 fully saturated rings. The molecule has 1 unspecified atom stereocenters. The number of aromatic nitrogens is 2. The van der Waals surface area contributed by atoms with Gasteiger partial charge < -0.3 is 4.79 Å². The van der Waals surface area contributed by atoms with Gasteiger partial charge in [0.25, 0.3) is 5.56 Å². The molecule has 1 aromatic heterocycles. The molecule has 0 aliphatic rings. The summed E-state index contributed by atoms with van der Waals surface area (Å²) in [4.78, 5) is 37.5. The van der Waals surface area contributed by atoms with Crippen molar-refractivity contribution in [2.75, 3.05) is 0 Å². The number of carbonyl (C=O) groups excluding carboxylic acids is 1. The SMILES string of the molecule is CCC(C=O)n1c(=O)n(Cc2c(Cl)cccc2Cl)c(=O)c2ccccc21. The summed E-state index contributed by atoms with van der Waals surface area (Å²) in [6.07, 6.45) is 1.14. The van der Waals surface area contributed by atoms with Crippen molar-refractivity contribution in [1.82, 2.24) is 9.13 Å². The highest BCUT2D eigenvalue weighted by Crippen LogP contribution is 2.24. The molecular weight excluding hydrogens is 375 g/mol. The van der Waals surface area contributed by atoms with Crippen LogP contribution >= 0.6 is 23.2 Å². The van der Waals surface area contributed by atoms with Gasteiger partial charge in [0.15, 0.2) is 0 Å². The van der Waals surface area contributed by atoms with Gasteiger partial charge in [0.1, 0.15) is 6.29 Å². The van der Waals surface area contributed by atoms with Crippen molar-refractivity contribution in [3.8, 4) is 0 Å². The number of aldehydes is 1. The molecule has 0 amide bonds. The van der Waals surface area contributed by atoms with Crippen molar-refractivity contribution < 1.29 is 4.79 Å². The zero-order valence-electron chi connectivity index (χ0n) is 14.0. The summed E-state index contributed by atoms with van der Waals surface area (Å²) in [6, 6.07) is 11.1. The second-order valence-corrected chi connectivity index (χ2v) is 6.69. The number of nitrogens with zero attached hydrogens (tertiary/aromatic N) is 2. The summed E-state index contributed by atoms with van der Waals surface area (Å²) < 4.78 is 2.43. The summed E-state index contributed by atoms with van der Waals surface area (Å²) in [5.74, 6) is 0. The third-order valence-corrected chi connectivity index (χ3v) is 5.07. The highest BCUT2D eigenvalue weighted by atomic mass is 35.5. The largest absolute Gasteiger partial charge is 0.332 e. The highest BCUT2D eigenvalue weighted by Gasteiger charge is 2.19. The standard InChI is InChI=1S/C19H16Cl2N2O3/c1-2-12(11-24)23-17-9-4-3-6-13(17)18(25)22(19(23)26)10-14-15(20)7-5-8-16(14)21/h3-9,11-12H,2,10H2,1H3. The van der Waals surface area contributed by atoms with E-state index >= 15 is 0 Å². The molecule has 134 valence electrons. The molecule has 7 heteroatoms. The van der Waals surface area contributed by atoms with Crippen LogP contribution in [0.25, 0.3) is 10.9 Å². The van der Waals surface area contributed by atoms with Gasteiger partial charge in [0.2, 0.25) is 0 Å². The topological polar surface area (TPSA) is 61.1 Å². The van der Waals surface area contributed by atoms with Gasteiger partial charge in [-0.1, -0.05) is 48.3 Å². The number of carbonyl (C=O) groups is 1. The molecule has 0 spiro atoms. The van der Waals surface area contributed by atoms with Crippen LogP contribution in [0.2, 0.25) is 10.0 Å². The predicted molar refractivity (Wildman–Crippen MR) is 103 cm³/mol. The molecule has 0 radical (unpaired) electrons. The van der Waals surface area contributed by atoms with Gasteiger partial charge >= 0.3 is 5.69 Å². The van der Waals surface area contributed by atoms with Crippen LogP contribution in [0.3, 0.4) is 0 Å². The van der Waals surface area contributed by atoms with Crippen LogP contribution in [0.15, 0.2) is 52.1 Å². The van der Waals surface area contributed by atoms with Crippen LogP contribution in [0.4, 0.5) is 0 Å². The summed E-state index contributed by atoms with van der Waals surface area (Å²) >= 11 is 12.4. The molecule has 0 bridgehead atoms. The smallest absolute Gasteiger partial charge is 0.301 e. The van der Waals surface area contributed by atoms with E-state index in [1.54, 1.807) is 49.4 Å². The van der Waals surface area contributed by atoms with Crippen LogP contribution in [0, 0.1) is 0 Å². The van der Waals surface area contributed by atoms with Crippen LogP contribution < -0.4 is 11.2 Å². The molecule has 0 saturated heterocycles. The fourth-order valence-corrected chi connectivity index (χ4v) is 3.49. The maximum Gasteiger partial charge on any atom is 0.332 e. The molecule has 26 heavy (non-hydrogen) atoms. The normalized spacial score (nSPS) is 12.3. The van der Waals surface area contributed by atoms with Crippen LogP contribution in [0.5, 0.6) is 0 Å². The van der Waals surface area contributed by atoms with Crippen LogP contribution in [-0.4, -0.2) is 15.4 Å². The van der Waals surface area contributed by atoms with E-state index in [9.17, 15) is 14.4 Å². The van der Waals surface area contributed by atoms with Crippen LogP contribution in [0.1, 0.15) is 24.9 Å². The van der Waals surface area contributed by atoms with Crippen molar-refractivity contribution in [3.05, 3.63) is 78.9 Å². The minimum Gasteiger partial charge on any atom is -0.301 e. The molecule has 0 saturated carbocycles. The van der Waals surface area contributed by atoms with Gasteiger partial charge in [-0.2, -0.15) is 0 Å². The first-order valence-corrected chi connectivity index (χ1v) is 8.87. The Hall–Kier alpha value is -2.37. The monoisotopic (exact) mass is 390 g/mol. The molecule has 5 nitrogen and oxygen atoms in total. The molecule has 1 atom stereocenters. The Morgan fingerprint density at radius 1 is 1.04 bits per heavy atom. The van der Waals surface area contributed by atoms with Crippen molar-refractivity contribution in [1.29, 1.82) is 0 Å². The number of fused-ring (bicyclic) bond motifs is 1. The maximum absolute atomic E-state index is 13.1. The van der Waals surface area contributed by atoms with Gasteiger partial charge in [-0.3, -0.25) is 13.9 Å². The lowest BCUT2D eigenvalue weighted by molar-refractivity contribution is -0.110. The Morgan fingerprint density at radius 2 is 1.69 bits per heavy atom. The molecule has 0 N–H and O–H groups in total. The second kappa shape index (κ2) is 7.48. The molecule has 1 heterocycles. The summed E-state index contributed by atoms with van der Waals surface area (Å²) in [5.41, 5.74) is -0.0961. The number of halogens is 2. The minimum atomic E-state index is -0.666. The fraction of sp³-hybridized carbons (Fsp3) is 0.211. The van der Waals surface area contributed by atoms with Gasteiger partial charge in [0, 0.05) is 15.6 Å². The molecule has 3 aromatic rings. The average Bonchev–Trinajstić information content (AvgIpc) is 2.64. The summed E-state index contributed by atoms with van der Waals surface area (Å²) in [6.45, 7) is 1.73. The van der Waals surface area contributed by atoms with Gasteiger partial charge in [-0.05, 0) is 30.7 Å². The lowest BCUT2D eigenvalue weighted by Crippen LogP contribution is -2.42. The van der Waals surface area contributed by atoms with Gasteiger partial charge in [0.05, 0.1) is 23.5 Å². The molecule has 3 rings (SSSR count). The molecule has 0 aliphatic heterocycles. The number of para-hydroxylation sites is 1. The van der Waals surface area contributed by atoms with E-state index < -0.39 is 17.3 Å². The van der Waals surface area contributed by atoms with Crippen LogP contribution in [-0.2, 0) is 11.3 Å². The van der Waals surface area contributed by atoms with E-state index in [2.05, 4.69) is 0 Å². The first-order valence-electron chi connectivity index (χ1n) is 8.11. The van der Waals surface area contributed by atoms with Gasteiger partial charge in [-0.25, -0.2) is 4.79 Å². The first-order chi connectivity index (χ1) is 12.5. The summed E-state index contributed by atoms with van der Waals surface area (Å²) in [7, 11) is 0. The lowest BCUT2D eigenvalue weighted by Gasteiger charge is -2.18. The molecule has 0 aliphatic carbocycles. The average molecular weight is 391 g/mol. The van der Waals surface area contributed by atoms with E-state index in [4.69, 9.17) is 23.2 Å². The Morgan fingerprint density at radius 3 is 2.31 bits per heavy atom. The zero-order valence-corrected chi connectivity index (χ0v) is 15.5. The zero-order chi connectivity index (χ0) is 18.8. The molecule has 2 aromatic carbocycles. The van der Waals surface area contributed by atoms with E-state index in [1.165, 1.54) is 4.57 Å². The number of rotatable bonds is 5. The second-order valence-electron chi connectivity index (χ2n) is 5.87. The maximum atomic E-state index is 13.1.